The van der Waals surface area contributed by atoms with Crippen LogP contribution in [0.15, 0.2) is 18.2 Å². The Balaban J connectivity index is 2.89. The third kappa shape index (κ3) is 3.65. The number of nitrogens with two attached hydrogens (primary N) is 1. The molecule has 0 unspecified atom stereocenters. The van der Waals surface area contributed by atoms with Crippen LogP contribution in [0.4, 0.5) is 4.39 Å². The molecule has 2 N–H and O–H groups in total. The van der Waals surface area contributed by atoms with Gasteiger partial charge in [0.05, 0.1) is 15.6 Å². The maximum Gasteiger partial charge on any atom is 0.255 e. The SMILES string of the molecule is CCN(CCC(N)=S)C(=O)c1cccc(F)c1Cl. The highest BCUT2D eigenvalue weighted by molar-refractivity contribution is 7.80. The second kappa shape index (κ2) is 6.66. The quantitative estimate of drug-likeness (QED) is 0.847. The summed E-state index contributed by atoms with van der Waals surface area (Å²) >= 11 is 10.5. The summed E-state index contributed by atoms with van der Waals surface area (Å²) in [6.07, 6.45) is 0.432. The molecule has 0 aliphatic rings. The average molecular weight is 289 g/mol. The normalized spacial score (nSPS) is 10.2. The van der Waals surface area contributed by atoms with Crippen molar-refractivity contribution in [3.05, 3.63) is 34.6 Å². The molecule has 0 fully saturated rings. The summed E-state index contributed by atoms with van der Waals surface area (Å²) in [6.45, 7) is 2.70. The smallest absolute Gasteiger partial charge is 0.255 e. The number of hydrogen-bond acceptors (Lipinski definition) is 2. The van der Waals surface area contributed by atoms with Crippen LogP contribution in [0.5, 0.6) is 0 Å². The first kappa shape index (κ1) is 14.9. The van der Waals surface area contributed by atoms with Crippen molar-refractivity contribution < 1.29 is 9.18 Å². The van der Waals surface area contributed by atoms with E-state index in [1.165, 1.54) is 23.1 Å². The van der Waals surface area contributed by atoms with Gasteiger partial charge in [-0.15, -0.1) is 0 Å². The minimum Gasteiger partial charge on any atom is -0.393 e. The molecule has 0 radical (unpaired) electrons. The molecule has 0 saturated heterocycles. The number of carbonyl (C=O) groups is 1. The van der Waals surface area contributed by atoms with Crippen LogP contribution in [0.2, 0.25) is 5.02 Å². The van der Waals surface area contributed by atoms with E-state index in [-0.39, 0.29) is 16.5 Å². The van der Waals surface area contributed by atoms with E-state index in [1.54, 1.807) is 0 Å². The summed E-state index contributed by atoms with van der Waals surface area (Å²) in [5, 5.41) is -0.156. The van der Waals surface area contributed by atoms with Gasteiger partial charge in [0, 0.05) is 19.5 Å². The molecule has 0 spiro atoms. The fourth-order valence-corrected chi connectivity index (χ4v) is 1.79. The van der Waals surface area contributed by atoms with E-state index >= 15 is 0 Å². The highest BCUT2D eigenvalue weighted by Gasteiger charge is 2.18. The maximum absolute atomic E-state index is 13.3. The van der Waals surface area contributed by atoms with Crippen molar-refractivity contribution >= 4 is 34.7 Å². The Morgan fingerprint density at radius 3 is 2.78 bits per heavy atom. The molecular weight excluding hydrogens is 275 g/mol. The molecule has 0 aromatic heterocycles. The first-order chi connectivity index (χ1) is 8.47. The lowest BCUT2D eigenvalue weighted by molar-refractivity contribution is 0.0768. The van der Waals surface area contributed by atoms with Gasteiger partial charge in [0.2, 0.25) is 0 Å². The second-order valence-corrected chi connectivity index (χ2v) is 4.60. The third-order valence-corrected chi connectivity index (χ3v) is 3.07. The average Bonchev–Trinajstić information content (AvgIpc) is 2.32. The zero-order chi connectivity index (χ0) is 13.7. The van der Waals surface area contributed by atoms with Crippen LogP contribution >= 0.6 is 23.8 Å². The molecule has 1 aromatic carbocycles. The lowest BCUT2D eigenvalue weighted by Gasteiger charge is -2.21. The van der Waals surface area contributed by atoms with Gasteiger partial charge in [-0.05, 0) is 19.1 Å². The Hall–Kier alpha value is -1.20. The summed E-state index contributed by atoms with van der Waals surface area (Å²) in [6, 6.07) is 4.16. The van der Waals surface area contributed by atoms with Gasteiger partial charge >= 0.3 is 0 Å². The van der Waals surface area contributed by atoms with Crippen molar-refractivity contribution in [1.29, 1.82) is 0 Å². The molecule has 98 valence electrons. The van der Waals surface area contributed by atoms with E-state index in [4.69, 9.17) is 29.6 Å². The Morgan fingerprint density at radius 2 is 2.22 bits per heavy atom. The van der Waals surface area contributed by atoms with Gasteiger partial charge in [0.25, 0.3) is 5.91 Å². The highest BCUT2D eigenvalue weighted by atomic mass is 35.5. The predicted octanol–water partition coefficient (Wildman–Crippen LogP) is 2.62. The van der Waals surface area contributed by atoms with Crippen LogP contribution in [-0.4, -0.2) is 28.9 Å². The maximum atomic E-state index is 13.3. The fourth-order valence-electron chi connectivity index (χ4n) is 1.49. The highest BCUT2D eigenvalue weighted by Crippen LogP contribution is 2.21. The largest absolute Gasteiger partial charge is 0.393 e. The summed E-state index contributed by atoms with van der Waals surface area (Å²) in [4.78, 5) is 14.0. The number of carbonyl (C=O) groups excluding carboxylic acids is 1. The van der Waals surface area contributed by atoms with Crippen molar-refractivity contribution in [1.82, 2.24) is 4.90 Å². The van der Waals surface area contributed by atoms with Crippen LogP contribution < -0.4 is 5.73 Å². The lowest BCUT2D eigenvalue weighted by Crippen LogP contribution is -2.33. The van der Waals surface area contributed by atoms with E-state index in [1.807, 2.05) is 6.92 Å². The van der Waals surface area contributed by atoms with E-state index in [9.17, 15) is 9.18 Å². The summed E-state index contributed by atoms with van der Waals surface area (Å²) < 4.78 is 13.3. The third-order valence-electron chi connectivity index (χ3n) is 2.48. The van der Waals surface area contributed by atoms with Crippen LogP contribution in [0.25, 0.3) is 0 Å². The van der Waals surface area contributed by atoms with Crippen molar-refractivity contribution in [2.75, 3.05) is 13.1 Å². The van der Waals surface area contributed by atoms with Crippen molar-refractivity contribution in [3.8, 4) is 0 Å². The molecule has 0 atom stereocenters. The zero-order valence-corrected chi connectivity index (χ0v) is 11.5. The predicted molar refractivity (Wildman–Crippen MR) is 74.4 cm³/mol. The van der Waals surface area contributed by atoms with Gasteiger partial charge < -0.3 is 10.6 Å². The van der Waals surface area contributed by atoms with Gasteiger partial charge in [0.1, 0.15) is 5.82 Å². The second-order valence-electron chi connectivity index (χ2n) is 3.70. The van der Waals surface area contributed by atoms with Gasteiger partial charge in [-0.2, -0.15) is 0 Å². The summed E-state index contributed by atoms with van der Waals surface area (Å²) in [7, 11) is 0. The molecule has 0 saturated carbocycles. The van der Waals surface area contributed by atoms with Gasteiger partial charge in [0.15, 0.2) is 0 Å². The number of thiocarbonyl (C=S) groups is 1. The van der Waals surface area contributed by atoms with Crippen LogP contribution in [0.3, 0.4) is 0 Å². The minimum absolute atomic E-state index is 0.154. The first-order valence-electron chi connectivity index (χ1n) is 5.49. The first-order valence-corrected chi connectivity index (χ1v) is 6.27. The number of benzene rings is 1. The van der Waals surface area contributed by atoms with Gasteiger partial charge in [-0.3, -0.25) is 4.79 Å². The molecule has 1 aromatic rings. The molecule has 0 bridgehead atoms. The summed E-state index contributed by atoms with van der Waals surface area (Å²) in [5.41, 5.74) is 5.55. The van der Waals surface area contributed by atoms with Crippen molar-refractivity contribution in [2.45, 2.75) is 13.3 Å². The van der Waals surface area contributed by atoms with E-state index in [2.05, 4.69) is 0 Å². The Bertz CT molecular complexity index is 467. The minimum atomic E-state index is -0.604. The zero-order valence-electron chi connectivity index (χ0n) is 9.95. The Labute approximate surface area is 116 Å². The number of amides is 1. The van der Waals surface area contributed by atoms with E-state index < -0.39 is 5.82 Å². The molecule has 0 heterocycles. The van der Waals surface area contributed by atoms with Gasteiger partial charge in [-0.25, -0.2) is 4.39 Å². The number of nitrogens with zero attached hydrogens (tertiary/aromatic N) is 1. The molecule has 3 nitrogen and oxygen atoms in total. The van der Waals surface area contributed by atoms with E-state index in [0.717, 1.165) is 0 Å². The molecule has 18 heavy (non-hydrogen) atoms. The number of halogens is 2. The Morgan fingerprint density at radius 1 is 1.56 bits per heavy atom. The van der Waals surface area contributed by atoms with Crippen molar-refractivity contribution in [3.63, 3.8) is 0 Å². The van der Waals surface area contributed by atoms with Crippen LogP contribution in [0.1, 0.15) is 23.7 Å². The Kier molecular flexibility index (Phi) is 5.50. The molecule has 1 rings (SSSR count). The van der Waals surface area contributed by atoms with Crippen molar-refractivity contribution in [2.24, 2.45) is 5.73 Å². The monoisotopic (exact) mass is 288 g/mol. The topological polar surface area (TPSA) is 46.3 Å². The molecular formula is C12H14ClFN2OS. The summed E-state index contributed by atoms with van der Waals surface area (Å²) in [5.74, 6) is -0.925. The molecule has 0 aliphatic carbocycles. The van der Waals surface area contributed by atoms with Gasteiger partial charge in [-0.1, -0.05) is 29.9 Å². The fraction of sp³-hybridized carbons (Fsp3) is 0.333. The number of hydrogen-bond donors (Lipinski definition) is 1. The van der Waals surface area contributed by atoms with Crippen LogP contribution in [0, 0.1) is 5.82 Å². The standard InChI is InChI=1S/C12H14ClFN2OS/c1-2-16(7-6-10(15)18)12(17)8-4-3-5-9(14)11(8)13/h3-5H,2,6-7H2,1H3,(H2,15,18). The molecule has 0 aliphatic heterocycles. The molecule has 6 heteroatoms. The van der Waals surface area contributed by atoms with E-state index in [0.29, 0.717) is 24.5 Å². The number of rotatable bonds is 5. The van der Waals surface area contributed by atoms with Crippen LogP contribution in [-0.2, 0) is 0 Å². The lowest BCUT2D eigenvalue weighted by atomic mass is 10.2. The molecule has 1 amide bonds.